The summed E-state index contributed by atoms with van der Waals surface area (Å²) < 4.78 is 9.87. The Kier molecular flexibility index (Phi) is 5.06. The number of carbonyl (C=O) groups is 2. The van der Waals surface area contributed by atoms with Crippen LogP contribution < -0.4 is 0 Å². The molecule has 1 heterocycles. The Bertz CT molecular complexity index is 283. The number of hydrogen-bond acceptors (Lipinski definition) is 4. The van der Waals surface area contributed by atoms with Crippen LogP contribution in [0.4, 0.5) is 9.59 Å². The van der Waals surface area contributed by atoms with Crippen molar-refractivity contribution in [3.05, 3.63) is 0 Å². The maximum absolute atomic E-state index is 11.6. The molecule has 0 radical (unpaired) electrons. The van der Waals surface area contributed by atoms with Crippen molar-refractivity contribution in [1.82, 2.24) is 9.80 Å². The van der Waals surface area contributed by atoms with Crippen LogP contribution in [0, 0.1) is 0 Å². The number of carbonyl (C=O) groups excluding carboxylic acids is 2. The van der Waals surface area contributed by atoms with Gasteiger partial charge in [0.2, 0.25) is 0 Å². The van der Waals surface area contributed by atoms with Gasteiger partial charge < -0.3 is 19.3 Å². The lowest BCUT2D eigenvalue weighted by molar-refractivity contribution is 0.0439. The quantitative estimate of drug-likeness (QED) is 0.734. The normalized spacial score (nSPS) is 20.1. The van der Waals surface area contributed by atoms with Gasteiger partial charge in [-0.3, -0.25) is 0 Å². The molecule has 0 N–H and O–H groups in total. The molecule has 0 aromatic rings. The standard InChI is InChI=1S/C11H20N2O4/c1-4-16-10(14)12-6-7-13(9(3)8-12)11(15)17-5-2/h9H,4-8H2,1-3H3. The average molecular weight is 244 g/mol. The van der Waals surface area contributed by atoms with E-state index in [0.717, 1.165) is 0 Å². The van der Waals surface area contributed by atoms with Crippen molar-refractivity contribution in [2.75, 3.05) is 32.8 Å². The van der Waals surface area contributed by atoms with E-state index in [1.54, 1.807) is 23.6 Å². The Morgan fingerprint density at radius 1 is 1.12 bits per heavy atom. The Morgan fingerprint density at radius 2 is 1.71 bits per heavy atom. The summed E-state index contributed by atoms with van der Waals surface area (Å²) in [6, 6.07) is -0.0489. The van der Waals surface area contributed by atoms with Gasteiger partial charge in [0.05, 0.1) is 19.3 Å². The lowest BCUT2D eigenvalue weighted by atomic mass is 10.2. The van der Waals surface area contributed by atoms with Gasteiger partial charge in [-0.2, -0.15) is 0 Å². The molecule has 0 aromatic carbocycles. The van der Waals surface area contributed by atoms with Crippen molar-refractivity contribution in [3.63, 3.8) is 0 Å². The van der Waals surface area contributed by atoms with E-state index in [9.17, 15) is 9.59 Å². The molecular formula is C11H20N2O4. The molecule has 17 heavy (non-hydrogen) atoms. The van der Waals surface area contributed by atoms with Crippen molar-refractivity contribution in [2.24, 2.45) is 0 Å². The summed E-state index contributed by atoms with van der Waals surface area (Å²) in [7, 11) is 0. The molecule has 0 saturated carbocycles. The smallest absolute Gasteiger partial charge is 0.410 e. The zero-order valence-electron chi connectivity index (χ0n) is 10.6. The lowest BCUT2D eigenvalue weighted by Crippen LogP contribution is -2.55. The molecule has 0 spiro atoms. The van der Waals surface area contributed by atoms with Crippen LogP contribution in [0.5, 0.6) is 0 Å². The number of hydrogen-bond donors (Lipinski definition) is 0. The summed E-state index contributed by atoms with van der Waals surface area (Å²) >= 11 is 0. The summed E-state index contributed by atoms with van der Waals surface area (Å²) in [4.78, 5) is 26.3. The van der Waals surface area contributed by atoms with E-state index < -0.39 is 0 Å². The van der Waals surface area contributed by atoms with E-state index >= 15 is 0 Å². The number of ether oxygens (including phenoxy) is 2. The number of rotatable bonds is 2. The minimum atomic E-state index is -0.317. The minimum absolute atomic E-state index is 0.0489. The molecule has 0 aromatic heterocycles. The van der Waals surface area contributed by atoms with Gasteiger partial charge in [0.15, 0.2) is 0 Å². The highest BCUT2D eigenvalue weighted by Gasteiger charge is 2.30. The Hall–Kier alpha value is -1.46. The molecule has 98 valence electrons. The van der Waals surface area contributed by atoms with Gasteiger partial charge in [-0.1, -0.05) is 0 Å². The monoisotopic (exact) mass is 244 g/mol. The molecule has 6 heteroatoms. The summed E-state index contributed by atoms with van der Waals surface area (Å²) in [6.07, 6.45) is -0.633. The zero-order chi connectivity index (χ0) is 12.8. The fourth-order valence-corrected chi connectivity index (χ4v) is 1.82. The molecule has 0 aliphatic carbocycles. The van der Waals surface area contributed by atoms with Gasteiger partial charge in [0.25, 0.3) is 0 Å². The summed E-state index contributed by atoms with van der Waals surface area (Å²) in [5, 5.41) is 0. The second-order valence-electron chi connectivity index (χ2n) is 3.89. The van der Waals surface area contributed by atoms with E-state index in [2.05, 4.69) is 0 Å². The first-order valence-electron chi connectivity index (χ1n) is 5.95. The van der Waals surface area contributed by atoms with Gasteiger partial charge >= 0.3 is 12.2 Å². The Morgan fingerprint density at radius 3 is 2.24 bits per heavy atom. The Balaban J connectivity index is 2.49. The molecule has 1 unspecified atom stereocenters. The highest BCUT2D eigenvalue weighted by atomic mass is 16.6. The van der Waals surface area contributed by atoms with Gasteiger partial charge in [-0.25, -0.2) is 9.59 Å². The third kappa shape index (κ3) is 3.51. The maximum Gasteiger partial charge on any atom is 0.410 e. The van der Waals surface area contributed by atoms with Crippen LogP contribution >= 0.6 is 0 Å². The van der Waals surface area contributed by atoms with Crippen LogP contribution in [0.25, 0.3) is 0 Å². The van der Waals surface area contributed by atoms with Crippen molar-refractivity contribution < 1.29 is 19.1 Å². The molecule has 1 saturated heterocycles. The fraction of sp³-hybridized carbons (Fsp3) is 0.818. The molecule has 2 amide bonds. The first-order chi connectivity index (χ1) is 8.10. The summed E-state index contributed by atoms with van der Waals surface area (Å²) in [6.45, 7) is 7.63. The van der Waals surface area contributed by atoms with E-state index in [1.165, 1.54) is 0 Å². The molecule has 1 rings (SSSR count). The molecule has 1 atom stereocenters. The molecule has 1 aliphatic rings. The topological polar surface area (TPSA) is 59.1 Å². The Labute approximate surface area is 101 Å². The summed E-state index contributed by atoms with van der Waals surface area (Å²) in [5.41, 5.74) is 0. The van der Waals surface area contributed by atoms with Gasteiger partial charge in [0, 0.05) is 19.6 Å². The predicted octanol–water partition coefficient (Wildman–Crippen LogP) is 1.31. The van der Waals surface area contributed by atoms with Gasteiger partial charge in [-0.05, 0) is 20.8 Å². The third-order valence-electron chi connectivity index (χ3n) is 2.66. The molecule has 1 fully saturated rings. The van der Waals surface area contributed by atoms with E-state index in [4.69, 9.17) is 9.47 Å². The van der Waals surface area contributed by atoms with E-state index in [0.29, 0.717) is 32.8 Å². The molecule has 1 aliphatic heterocycles. The van der Waals surface area contributed by atoms with Crippen LogP contribution in [-0.2, 0) is 9.47 Å². The van der Waals surface area contributed by atoms with Crippen LogP contribution in [-0.4, -0.2) is 60.9 Å². The highest BCUT2D eigenvalue weighted by molar-refractivity contribution is 5.70. The van der Waals surface area contributed by atoms with Crippen LogP contribution in [0.1, 0.15) is 20.8 Å². The second-order valence-corrected chi connectivity index (χ2v) is 3.89. The van der Waals surface area contributed by atoms with Crippen LogP contribution in [0.3, 0.4) is 0 Å². The molecule has 6 nitrogen and oxygen atoms in total. The van der Waals surface area contributed by atoms with E-state index in [1.807, 2.05) is 6.92 Å². The van der Waals surface area contributed by atoms with Crippen molar-refractivity contribution in [1.29, 1.82) is 0 Å². The second kappa shape index (κ2) is 6.32. The van der Waals surface area contributed by atoms with Crippen LogP contribution in [0.2, 0.25) is 0 Å². The van der Waals surface area contributed by atoms with Gasteiger partial charge in [-0.15, -0.1) is 0 Å². The predicted molar refractivity (Wildman–Crippen MR) is 61.8 cm³/mol. The third-order valence-corrected chi connectivity index (χ3v) is 2.66. The highest BCUT2D eigenvalue weighted by Crippen LogP contribution is 2.11. The summed E-state index contributed by atoms with van der Waals surface area (Å²) in [5.74, 6) is 0. The first-order valence-corrected chi connectivity index (χ1v) is 5.95. The molecular weight excluding hydrogens is 224 g/mol. The first kappa shape index (κ1) is 13.6. The minimum Gasteiger partial charge on any atom is -0.450 e. The van der Waals surface area contributed by atoms with E-state index in [-0.39, 0.29) is 18.2 Å². The number of amides is 2. The average Bonchev–Trinajstić information content (AvgIpc) is 2.29. The van der Waals surface area contributed by atoms with Crippen LogP contribution in [0.15, 0.2) is 0 Å². The fourth-order valence-electron chi connectivity index (χ4n) is 1.82. The van der Waals surface area contributed by atoms with Crippen molar-refractivity contribution in [2.45, 2.75) is 26.8 Å². The largest absolute Gasteiger partial charge is 0.450 e. The number of piperazine rings is 1. The van der Waals surface area contributed by atoms with Gasteiger partial charge in [0.1, 0.15) is 0 Å². The maximum atomic E-state index is 11.6. The zero-order valence-corrected chi connectivity index (χ0v) is 10.6. The SMILES string of the molecule is CCOC(=O)N1CCN(C(=O)OCC)C(C)C1. The molecule has 0 bridgehead atoms. The van der Waals surface area contributed by atoms with Crippen molar-refractivity contribution in [3.8, 4) is 0 Å². The number of nitrogens with zero attached hydrogens (tertiary/aromatic N) is 2. The van der Waals surface area contributed by atoms with Crippen molar-refractivity contribution >= 4 is 12.2 Å². The lowest BCUT2D eigenvalue weighted by Gasteiger charge is -2.38.